The predicted molar refractivity (Wildman–Crippen MR) is 66.3 cm³/mol. The molecule has 0 fully saturated rings. The van der Waals surface area contributed by atoms with Crippen molar-refractivity contribution < 1.29 is 14.6 Å². The topological polar surface area (TPSA) is 58.6 Å². The van der Waals surface area contributed by atoms with E-state index in [9.17, 15) is 4.79 Å². The summed E-state index contributed by atoms with van der Waals surface area (Å²) in [5, 5.41) is 11.6. The van der Waals surface area contributed by atoms with Gasteiger partial charge in [0, 0.05) is 6.42 Å². The Kier molecular flexibility index (Phi) is 6.82. The van der Waals surface area contributed by atoms with Gasteiger partial charge < -0.3 is 15.2 Å². The van der Waals surface area contributed by atoms with Gasteiger partial charge in [-0.05, 0) is 38.1 Å². The lowest BCUT2D eigenvalue weighted by Crippen LogP contribution is -2.19. The molecule has 0 atom stereocenters. The van der Waals surface area contributed by atoms with Crippen LogP contribution in [-0.2, 0) is 4.79 Å². The second-order valence-corrected chi connectivity index (χ2v) is 3.76. The van der Waals surface area contributed by atoms with Gasteiger partial charge in [0.25, 0.3) is 0 Å². The molecule has 0 saturated carbocycles. The largest absolute Gasteiger partial charge is 0.494 e. The molecule has 0 radical (unpaired) electrons. The summed E-state index contributed by atoms with van der Waals surface area (Å²) < 4.78 is 5.52. The third-order valence-corrected chi connectivity index (χ3v) is 2.25. The molecule has 4 nitrogen and oxygen atoms in total. The van der Waals surface area contributed by atoms with Crippen molar-refractivity contribution in [3.8, 4) is 5.75 Å². The fraction of sp³-hybridized carbons (Fsp3) is 0.462. The van der Waals surface area contributed by atoms with Gasteiger partial charge in [-0.2, -0.15) is 0 Å². The minimum absolute atomic E-state index is 0.230. The van der Waals surface area contributed by atoms with Gasteiger partial charge in [0.2, 0.25) is 0 Å². The molecule has 0 aliphatic carbocycles. The van der Waals surface area contributed by atoms with Crippen LogP contribution in [0.2, 0.25) is 0 Å². The Balaban J connectivity index is 1.90. The summed E-state index contributed by atoms with van der Waals surface area (Å²) in [6.45, 7) is 2.28. The molecule has 0 spiro atoms. The summed E-state index contributed by atoms with van der Waals surface area (Å²) in [5.74, 6) is 0.151. The van der Waals surface area contributed by atoms with Gasteiger partial charge in [0.1, 0.15) is 5.75 Å². The third-order valence-electron chi connectivity index (χ3n) is 2.25. The maximum absolute atomic E-state index is 10.2. The second-order valence-electron chi connectivity index (χ2n) is 3.76. The van der Waals surface area contributed by atoms with E-state index < -0.39 is 5.97 Å². The van der Waals surface area contributed by atoms with Crippen LogP contribution in [0.3, 0.4) is 0 Å². The molecule has 1 aromatic carbocycles. The number of nitrogens with one attached hydrogen (secondary N) is 1. The smallest absolute Gasteiger partial charge is 0.303 e. The summed E-state index contributed by atoms with van der Waals surface area (Å²) >= 11 is 0. The molecule has 0 heterocycles. The van der Waals surface area contributed by atoms with E-state index >= 15 is 0 Å². The summed E-state index contributed by atoms with van der Waals surface area (Å²) in [5.41, 5.74) is 0. The Bertz CT molecular complexity index is 314. The molecular formula is C13H19NO3. The number of aliphatic carboxylic acids is 1. The van der Waals surface area contributed by atoms with Gasteiger partial charge >= 0.3 is 5.97 Å². The highest BCUT2D eigenvalue weighted by atomic mass is 16.5. The minimum Gasteiger partial charge on any atom is -0.494 e. The van der Waals surface area contributed by atoms with Crippen molar-refractivity contribution in [1.29, 1.82) is 0 Å². The van der Waals surface area contributed by atoms with Crippen molar-refractivity contribution in [3.05, 3.63) is 30.3 Å². The van der Waals surface area contributed by atoms with Crippen LogP contribution in [0.15, 0.2) is 30.3 Å². The van der Waals surface area contributed by atoms with Crippen LogP contribution in [0.4, 0.5) is 0 Å². The number of para-hydroxylation sites is 1. The van der Waals surface area contributed by atoms with E-state index in [0.29, 0.717) is 13.0 Å². The quantitative estimate of drug-likeness (QED) is 0.644. The molecule has 0 aliphatic rings. The van der Waals surface area contributed by atoms with Gasteiger partial charge in [0.05, 0.1) is 6.61 Å². The van der Waals surface area contributed by atoms with Crippen LogP contribution >= 0.6 is 0 Å². The highest BCUT2D eigenvalue weighted by Gasteiger charge is 1.96. The minimum atomic E-state index is -0.737. The number of hydrogen-bond acceptors (Lipinski definition) is 3. The van der Waals surface area contributed by atoms with Crippen molar-refractivity contribution >= 4 is 5.97 Å². The Morgan fingerprint density at radius 3 is 2.59 bits per heavy atom. The molecule has 4 heteroatoms. The van der Waals surface area contributed by atoms with E-state index in [1.54, 1.807) is 0 Å². The van der Waals surface area contributed by atoms with Crippen molar-refractivity contribution in [2.45, 2.75) is 19.3 Å². The summed E-state index contributed by atoms with van der Waals surface area (Å²) in [6.07, 6.45) is 1.82. The van der Waals surface area contributed by atoms with E-state index in [4.69, 9.17) is 9.84 Å². The molecule has 0 unspecified atom stereocenters. The number of benzene rings is 1. The van der Waals surface area contributed by atoms with E-state index in [-0.39, 0.29) is 6.42 Å². The fourth-order valence-corrected chi connectivity index (χ4v) is 1.39. The number of carboxylic acids is 1. The number of rotatable bonds is 9. The lowest BCUT2D eigenvalue weighted by molar-refractivity contribution is -0.137. The molecule has 0 amide bonds. The van der Waals surface area contributed by atoms with Crippen molar-refractivity contribution in [3.63, 3.8) is 0 Å². The van der Waals surface area contributed by atoms with E-state index in [2.05, 4.69) is 5.32 Å². The Hall–Kier alpha value is -1.55. The third kappa shape index (κ3) is 7.36. The highest BCUT2D eigenvalue weighted by Crippen LogP contribution is 2.07. The number of carboxylic acid groups (broad SMARTS) is 1. The standard InChI is InChI=1S/C13H19NO3/c15-13(16)8-4-9-14-10-5-11-17-12-6-2-1-3-7-12/h1-3,6-7,14H,4-5,8-11H2,(H,15,16). The summed E-state index contributed by atoms with van der Waals surface area (Å²) in [4.78, 5) is 10.2. The van der Waals surface area contributed by atoms with Crippen molar-refractivity contribution in [2.24, 2.45) is 0 Å². The first-order valence-electron chi connectivity index (χ1n) is 5.89. The van der Waals surface area contributed by atoms with Crippen LogP contribution in [0.1, 0.15) is 19.3 Å². The highest BCUT2D eigenvalue weighted by molar-refractivity contribution is 5.66. The molecule has 2 N–H and O–H groups in total. The molecular weight excluding hydrogens is 218 g/mol. The zero-order valence-electron chi connectivity index (χ0n) is 9.89. The normalized spacial score (nSPS) is 10.1. The first-order chi connectivity index (χ1) is 8.29. The van der Waals surface area contributed by atoms with Gasteiger partial charge in [-0.1, -0.05) is 18.2 Å². The molecule has 0 aliphatic heterocycles. The number of hydrogen-bond donors (Lipinski definition) is 2. The molecule has 0 aromatic heterocycles. The van der Waals surface area contributed by atoms with E-state index in [0.717, 1.165) is 25.3 Å². The fourth-order valence-electron chi connectivity index (χ4n) is 1.39. The molecule has 0 saturated heterocycles. The van der Waals surface area contributed by atoms with E-state index in [1.807, 2.05) is 30.3 Å². The molecule has 94 valence electrons. The van der Waals surface area contributed by atoms with Crippen molar-refractivity contribution in [2.75, 3.05) is 19.7 Å². The van der Waals surface area contributed by atoms with Gasteiger partial charge in [0.15, 0.2) is 0 Å². The SMILES string of the molecule is O=C(O)CCCNCCCOc1ccccc1. The van der Waals surface area contributed by atoms with Crippen LogP contribution < -0.4 is 10.1 Å². The second kappa shape index (κ2) is 8.58. The lowest BCUT2D eigenvalue weighted by atomic mass is 10.3. The van der Waals surface area contributed by atoms with Crippen LogP contribution in [0.25, 0.3) is 0 Å². The lowest BCUT2D eigenvalue weighted by Gasteiger charge is -2.06. The molecule has 1 aromatic rings. The van der Waals surface area contributed by atoms with Crippen molar-refractivity contribution in [1.82, 2.24) is 5.32 Å². The summed E-state index contributed by atoms with van der Waals surface area (Å²) in [7, 11) is 0. The number of carbonyl (C=O) groups is 1. The predicted octanol–water partition coefficient (Wildman–Crippen LogP) is 1.91. The van der Waals surface area contributed by atoms with Gasteiger partial charge in [-0.25, -0.2) is 0 Å². The average molecular weight is 237 g/mol. The maximum Gasteiger partial charge on any atom is 0.303 e. The first kappa shape index (κ1) is 13.5. The van der Waals surface area contributed by atoms with Crippen LogP contribution in [0.5, 0.6) is 5.75 Å². The Labute approximate surface area is 102 Å². The Morgan fingerprint density at radius 1 is 1.18 bits per heavy atom. The number of ether oxygens (including phenoxy) is 1. The van der Waals surface area contributed by atoms with E-state index in [1.165, 1.54) is 0 Å². The maximum atomic E-state index is 10.2. The first-order valence-corrected chi connectivity index (χ1v) is 5.89. The van der Waals surface area contributed by atoms with Crippen LogP contribution in [-0.4, -0.2) is 30.8 Å². The average Bonchev–Trinajstić information content (AvgIpc) is 2.33. The van der Waals surface area contributed by atoms with Gasteiger partial charge in [-0.3, -0.25) is 4.79 Å². The zero-order valence-corrected chi connectivity index (χ0v) is 9.89. The molecule has 17 heavy (non-hydrogen) atoms. The Morgan fingerprint density at radius 2 is 1.88 bits per heavy atom. The molecule has 1 rings (SSSR count). The van der Waals surface area contributed by atoms with Gasteiger partial charge in [-0.15, -0.1) is 0 Å². The zero-order chi connectivity index (χ0) is 12.3. The summed E-state index contributed by atoms with van der Waals surface area (Å²) in [6, 6.07) is 9.70. The van der Waals surface area contributed by atoms with Crippen LogP contribution in [0, 0.1) is 0 Å². The monoisotopic (exact) mass is 237 g/mol. The molecule has 0 bridgehead atoms.